The Morgan fingerprint density at radius 3 is 2.21 bits per heavy atom. The van der Waals surface area contributed by atoms with E-state index in [1.54, 1.807) is 0 Å². The van der Waals surface area contributed by atoms with E-state index in [2.05, 4.69) is 38.0 Å². The second-order valence-corrected chi connectivity index (χ2v) is 5.75. The van der Waals surface area contributed by atoms with E-state index in [-0.39, 0.29) is 0 Å². The highest BCUT2D eigenvalue weighted by Gasteiger charge is 2.54. The van der Waals surface area contributed by atoms with E-state index in [0.29, 0.717) is 11.0 Å². The second kappa shape index (κ2) is 3.21. The summed E-state index contributed by atoms with van der Waals surface area (Å²) >= 11 is 0. The molecule has 1 N–H and O–H groups in total. The van der Waals surface area contributed by atoms with Crippen LogP contribution in [0.25, 0.3) is 0 Å². The Bertz CT molecular complexity index is 216. The lowest BCUT2D eigenvalue weighted by atomic mass is 9.66. The van der Waals surface area contributed by atoms with Crippen molar-refractivity contribution in [2.75, 3.05) is 20.1 Å². The van der Waals surface area contributed by atoms with Gasteiger partial charge in [0.2, 0.25) is 0 Å². The van der Waals surface area contributed by atoms with Crippen LogP contribution in [0.5, 0.6) is 0 Å². The summed E-state index contributed by atoms with van der Waals surface area (Å²) in [5, 5.41) is 3.48. The van der Waals surface area contributed by atoms with Crippen LogP contribution in [0.2, 0.25) is 0 Å². The van der Waals surface area contributed by atoms with E-state index >= 15 is 0 Å². The van der Waals surface area contributed by atoms with Crippen molar-refractivity contribution in [1.29, 1.82) is 0 Å². The predicted octanol–water partition coefficient (Wildman–Crippen LogP) is 1.86. The highest BCUT2D eigenvalue weighted by atomic mass is 15.2. The summed E-state index contributed by atoms with van der Waals surface area (Å²) in [6, 6.07) is 0.753. The summed E-state index contributed by atoms with van der Waals surface area (Å²) in [6.07, 6.45) is 4.10. The minimum atomic E-state index is 0.383. The Labute approximate surface area is 88.1 Å². The van der Waals surface area contributed by atoms with Crippen molar-refractivity contribution in [2.45, 2.75) is 51.6 Å². The predicted molar refractivity (Wildman–Crippen MR) is 60.5 cm³/mol. The van der Waals surface area contributed by atoms with Crippen LogP contribution in [0, 0.1) is 5.41 Å². The molecule has 2 heteroatoms. The fraction of sp³-hybridized carbons (Fsp3) is 1.00. The first kappa shape index (κ1) is 10.4. The first-order valence-corrected chi connectivity index (χ1v) is 5.93. The normalized spacial score (nSPS) is 36.4. The van der Waals surface area contributed by atoms with Crippen molar-refractivity contribution in [3.63, 3.8) is 0 Å². The van der Waals surface area contributed by atoms with E-state index in [9.17, 15) is 0 Å². The molecule has 1 spiro atoms. The van der Waals surface area contributed by atoms with E-state index in [0.717, 1.165) is 6.04 Å². The zero-order valence-electron chi connectivity index (χ0n) is 10.1. The molecule has 0 aromatic rings. The fourth-order valence-corrected chi connectivity index (χ4v) is 3.60. The van der Waals surface area contributed by atoms with Gasteiger partial charge in [0.1, 0.15) is 0 Å². The number of piperidine rings is 1. The van der Waals surface area contributed by atoms with Gasteiger partial charge in [0.15, 0.2) is 0 Å². The summed E-state index contributed by atoms with van der Waals surface area (Å²) in [7, 11) is 2.29. The molecule has 0 aromatic carbocycles. The molecule has 2 heterocycles. The number of rotatable bonds is 0. The molecular formula is C12H24N2. The second-order valence-electron chi connectivity index (χ2n) is 5.75. The Balaban J connectivity index is 2.26. The molecule has 2 aliphatic heterocycles. The van der Waals surface area contributed by atoms with Gasteiger partial charge in [-0.05, 0) is 65.6 Å². The minimum Gasteiger partial charge on any atom is -0.317 e. The third kappa shape index (κ3) is 1.24. The third-order valence-corrected chi connectivity index (χ3v) is 5.09. The van der Waals surface area contributed by atoms with Gasteiger partial charge in [-0.1, -0.05) is 0 Å². The average molecular weight is 196 g/mol. The fourth-order valence-electron chi connectivity index (χ4n) is 3.60. The Morgan fingerprint density at radius 2 is 1.79 bits per heavy atom. The van der Waals surface area contributed by atoms with Gasteiger partial charge >= 0.3 is 0 Å². The molecule has 1 atom stereocenters. The van der Waals surface area contributed by atoms with E-state index in [1.165, 1.54) is 32.4 Å². The van der Waals surface area contributed by atoms with Gasteiger partial charge in [0.05, 0.1) is 0 Å². The van der Waals surface area contributed by atoms with Crippen LogP contribution in [0.1, 0.15) is 40.0 Å². The maximum Gasteiger partial charge on any atom is 0.0210 e. The van der Waals surface area contributed by atoms with Crippen LogP contribution in [0.3, 0.4) is 0 Å². The van der Waals surface area contributed by atoms with Crippen LogP contribution < -0.4 is 5.32 Å². The molecule has 82 valence electrons. The number of likely N-dealkylation sites (tertiary alicyclic amines) is 1. The molecule has 2 aliphatic rings. The molecule has 2 rings (SSSR count). The maximum absolute atomic E-state index is 3.48. The summed E-state index contributed by atoms with van der Waals surface area (Å²) in [6.45, 7) is 9.66. The Kier molecular flexibility index (Phi) is 2.39. The average Bonchev–Trinajstić information content (AvgIpc) is 2.30. The summed E-state index contributed by atoms with van der Waals surface area (Å²) in [5.74, 6) is 0. The third-order valence-electron chi connectivity index (χ3n) is 5.09. The van der Waals surface area contributed by atoms with Crippen molar-refractivity contribution in [3.05, 3.63) is 0 Å². The van der Waals surface area contributed by atoms with Crippen LogP contribution in [-0.2, 0) is 0 Å². The van der Waals surface area contributed by atoms with Crippen LogP contribution in [-0.4, -0.2) is 36.6 Å². The van der Waals surface area contributed by atoms with Crippen LogP contribution in [0.15, 0.2) is 0 Å². The van der Waals surface area contributed by atoms with Crippen LogP contribution in [0.4, 0.5) is 0 Å². The Morgan fingerprint density at radius 1 is 1.21 bits per heavy atom. The van der Waals surface area contributed by atoms with Crippen molar-refractivity contribution in [2.24, 2.45) is 5.41 Å². The summed E-state index contributed by atoms with van der Waals surface area (Å²) < 4.78 is 0. The standard InChI is InChI=1S/C12H24N2/c1-10-9-12(5-7-13-8-6-12)11(2,3)14(10)4/h10,13H,5-9H2,1-4H3. The molecular weight excluding hydrogens is 172 g/mol. The van der Waals surface area contributed by atoms with Crippen molar-refractivity contribution >= 4 is 0 Å². The van der Waals surface area contributed by atoms with E-state index in [1.807, 2.05) is 0 Å². The van der Waals surface area contributed by atoms with Crippen molar-refractivity contribution in [3.8, 4) is 0 Å². The maximum atomic E-state index is 3.48. The quantitative estimate of drug-likeness (QED) is 0.636. The molecule has 0 amide bonds. The first-order valence-electron chi connectivity index (χ1n) is 5.93. The van der Waals surface area contributed by atoms with Crippen LogP contribution >= 0.6 is 0 Å². The smallest absolute Gasteiger partial charge is 0.0210 e. The van der Waals surface area contributed by atoms with Crippen molar-refractivity contribution < 1.29 is 0 Å². The number of hydrogen-bond acceptors (Lipinski definition) is 2. The van der Waals surface area contributed by atoms with Gasteiger partial charge in [-0.2, -0.15) is 0 Å². The van der Waals surface area contributed by atoms with Gasteiger partial charge in [0, 0.05) is 11.6 Å². The summed E-state index contributed by atoms with van der Waals surface area (Å²) in [5.41, 5.74) is 0.959. The molecule has 0 saturated carbocycles. The molecule has 2 fully saturated rings. The molecule has 14 heavy (non-hydrogen) atoms. The highest BCUT2D eigenvalue weighted by molar-refractivity contribution is 5.09. The molecule has 2 nitrogen and oxygen atoms in total. The van der Waals surface area contributed by atoms with E-state index in [4.69, 9.17) is 0 Å². The lowest BCUT2D eigenvalue weighted by molar-refractivity contribution is 0.0511. The molecule has 0 aromatic heterocycles. The van der Waals surface area contributed by atoms with E-state index < -0.39 is 0 Å². The van der Waals surface area contributed by atoms with Gasteiger partial charge in [-0.3, -0.25) is 4.90 Å². The van der Waals surface area contributed by atoms with Crippen molar-refractivity contribution in [1.82, 2.24) is 10.2 Å². The zero-order valence-corrected chi connectivity index (χ0v) is 10.1. The topological polar surface area (TPSA) is 15.3 Å². The number of nitrogens with one attached hydrogen (secondary N) is 1. The molecule has 2 saturated heterocycles. The van der Waals surface area contributed by atoms with Gasteiger partial charge in [-0.25, -0.2) is 0 Å². The first-order chi connectivity index (χ1) is 6.50. The SMILES string of the molecule is CC1CC2(CCNCC2)C(C)(C)N1C. The van der Waals surface area contributed by atoms with Gasteiger partial charge in [0.25, 0.3) is 0 Å². The molecule has 0 radical (unpaired) electrons. The monoisotopic (exact) mass is 196 g/mol. The highest BCUT2D eigenvalue weighted by Crippen LogP contribution is 2.52. The molecule has 0 bridgehead atoms. The lowest BCUT2D eigenvalue weighted by Gasteiger charge is -2.47. The Hall–Kier alpha value is -0.0800. The zero-order chi connectivity index (χ0) is 10.4. The number of hydrogen-bond donors (Lipinski definition) is 1. The molecule has 0 aliphatic carbocycles. The summed E-state index contributed by atoms with van der Waals surface area (Å²) in [4.78, 5) is 2.58. The molecule has 1 unspecified atom stereocenters. The lowest BCUT2D eigenvalue weighted by Crippen LogP contribution is -2.52. The minimum absolute atomic E-state index is 0.383. The van der Waals surface area contributed by atoms with Gasteiger partial charge < -0.3 is 5.32 Å². The number of nitrogens with zero attached hydrogens (tertiary/aromatic N) is 1. The van der Waals surface area contributed by atoms with Gasteiger partial charge in [-0.15, -0.1) is 0 Å². The largest absolute Gasteiger partial charge is 0.317 e.